The monoisotopic (exact) mass is 522 g/mol. The number of nitrogens with zero attached hydrogens (tertiary/aromatic N) is 5. The Balaban J connectivity index is 1.09. The second-order valence-corrected chi connectivity index (χ2v) is 10.5. The molecule has 0 bridgehead atoms. The number of nitriles is 2. The highest BCUT2D eigenvalue weighted by Gasteiger charge is 2.40. The number of anilines is 2. The zero-order valence-electron chi connectivity index (χ0n) is 21.7. The fourth-order valence-electron chi connectivity index (χ4n) is 5.21. The van der Waals surface area contributed by atoms with E-state index in [0.29, 0.717) is 53.7 Å². The molecule has 3 aliphatic rings. The van der Waals surface area contributed by atoms with Crippen molar-refractivity contribution >= 4 is 11.5 Å². The molecule has 3 aromatic rings. The third-order valence-corrected chi connectivity index (χ3v) is 7.83. The topological polar surface area (TPSA) is 116 Å². The molecule has 9 nitrogen and oxygen atoms in total. The van der Waals surface area contributed by atoms with E-state index in [2.05, 4.69) is 56.6 Å². The number of aromatic nitrogens is 2. The summed E-state index contributed by atoms with van der Waals surface area (Å²) in [7, 11) is 0. The van der Waals surface area contributed by atoms with Crippen molar-refractivity contribution in [3.8, 4) is 29.3 Å². The largest absolute Gasteiger partial charge is 0.490 e. The van der Waals surface area contributed by atoms with Gasteiger partial charge >= 0.3 is 0 Å². The Hall–Kier alpha value is -4.02. The summed E-state index contributed by atoms with van der Waals surface area (Å²) in [6.07, 6.45) is 4.06. The Labute approximate surface area is 228 Å². The molecule has 6 rings (SSSR count). The van der Waals surface area contributed by atoms with Gasteiger partial charge in [0.05, 0.1) is 44.1 Å². The predicted molar refractivity (Wildman–Crippen MR) is 144 cm³/mol. The molecule has 0 aliphatic carbocycles. The van der Waals surface area contributed by atoms with Crippen LogP contribution in [0, 0.1) is 28.1 Å². The normalized spacial score (nSPS) is 19.2. The SMILES string of the molecule is N#Cc1cc(-c2nccc(Nc3ccc(C4CCN(C5COC5)CC4)cc3)n2)ccc1OCC1(C#N)COC1. The van der Waals surface area contributed by atoms with Crippen LogP contribution in [-0.2, 0) is 9.47 Å². The third-order valence-electron chi connectivity index (χ3n) is 7.83. The van der Waals surface area contributed by atoms with Crippen molar-refractivity contribution in [1.82, 2.24) is 14.9 Å². The van der Waals surface area contributed by atoms with Crippen LogP contribution in [0.5, 0.6) is 5.75 Å². The van der Waals surface area contributed by atoms with Crippen molar-refractivity contribution in [3.05, 3.63) is 65.9 Å². The zero-order chi connectivity index (χ0) is 26.7. The summed E-state index contributed by atoms with van der Waals surface area (Å²) in [6, 6.07) is 20.8. The average molecular weight is 523 g/mol. The molecule has 1 aromatic heterocycles. The molecule has 1 N–H and O–H groups in total. The Morgan fingerprint density at radius 1 is 1.03 bits per heavy atom. The maximum absolute atomic E-state index is 9.68. The minimum absolute atomic E-state index is 0.182. The van der Waals surface area contributed by atoms with E-state index in [9.17, 15) is 10.5 Å². The van der Waals surface area contributed by atoms with Crippen molar-refractivity contribution in [2.75, 3.05) is 51.4 Å². The maximum Gasteiger partial charge on any atom is 0.161 e. The van der Waals surface area contributed by atoms with Gasteiger partial charge in [0.1, 0.15) is 29.7 Å². The Kier molecular flexibility index (Phi) is 7.12. The van der Waals surface area contributed by atoms with Gasteiger partial charge in [-0.25, -0.2) is 9.97 Å². The van der Waals surface area contributed by atoms with Gasteiger partial charge in [0.25, 0.3) is 0 Å². The molecule has 2 aromatic carbocycles. The number of benzene rings is 2. The lowest BCUT2D eigenvalue weighted by molar-refractivity contribution is -0.0963. The Morgan fingerprint density at radius 2 is 1.82 bits per heavy atom. The fraction of sp³-hybridized carbons (Fsp3) is 0.400. The van der Waals surface area contributed by atoms with E-state index in [4.69, 9.17) is 14.2 Å². The van der Waals surface area contributed by atoms with Gasteiger partial charge < -0.3 is 19.5 Å². The molecule has 3 fully saturated rings. The standard InChI is InChI=1S/C30H30N6O3/c31-14-24-13-23(3-6-27(24)39-20-30(17-32)18-38-19-30)29-33-10-7-28(35-29)34-25-4-1-21(2-5-25)22-8-11-36(12-9-22)26-15-37-16-26/h1-7,10,13,22,26H,8-9,11-12,15-16,18-20H2,(H,33,34,35). The molecule has 3 aliphatic heterocycles. The molecule has 0 atom stereocenters. The summed E-state index contributed by atoms with van der Waals surface area (Å²) in [4.78, 5) is 11.6. The average Bonchev–Trinajstić information content (AvgIpc) is 2.93. The number of rotatable bonds is 8. The van der Waals surface area contributed by atoms with E-state index in [1.54, 1.807) is 18.3 Å². The lowest BCUT2D eigenvalue weighted by atomic mass is 9.88. The van der Waals surface area contributed by atoms with E-state index >= 15 is 0 Å². The second-order valence-electron chi connectivity index (χ2n) is 10.5. The third kappa shape index (κ3) is 5.43. The van der Waals surface area contributed by atoms with Crippen LogP contribution >= 0.6 is 0 Å². The lowest BCUT2D eigenvalue weighted by Gasteiger charge is -2.41. The molecule has 4 heterocycles. The first kappa shape index (κ1) is 25.3. The zero-order valence-corrected chi connectivity index (χ0v) is 21.7. The van der Waals surface area contributed by atoms with Gasteiger partial charge in [0.2, 0.25) is 0 Å². The van der Waals surface area contributed by atoms with Crippen LogP contribution in [0.25, 0.3) is 11.4 Å². The van der Waals surface area contributed by atoms with Crippen molar-refractivity contribution in [1.29, 1.82) is 10.5 Å². The molecule has 3 saturated heterocycles. The van der Waals surface area contributed by atoms with Crippen LogP contribution in [-0.4, -0.2) is 67.0 Å². The van der Waals surface area contributed by atoms with E-state index in [0.717, 1.165) is 32.0 Å². The molecule has 39 heavy (non-hydrogen) atoms. The fourth-order valence-corrected chi connectivity index (χ4v) is 5.21. The van der Waals surface area contributed by atoms with Crippen molar-refractivity contribution < 1.29 is 14.2 Å². The van der Waals surface area contributed by atoms with Gasteiger partial charge in [-0.3, -0.25) is 4.90 Å². The number of likely N-dealkylation sites (tertiary alicyclic amines) is 1. The molecule has 9 heteroatoms. The van der Waals surface area contributed by atoms with Crippen molar-refractivity contribution in [3.63, 3.8) is 0 Å². The van der Waals surface area contributed by atoms with Gasteiger partial charge in [0, 0.05) is 17.4 Å². The first-order valence-corrected chi connectivity index (χ1v) is 13.3. The molecular formula is C30H30N6O3. The van der Waals surface area contributed by atoms with E-state index in [1.165, 1.54) is 18.4 Å². The van der Waals surface area contributed by atoms with Crippen LogP contribution in [0.2, 0.25) is 0 Å². The molecule has 0 saturated carbocycles. The number of piperidine rings is 1. The number of ether oxygens (including phenoxy) is 3. The van der Waals surface area contributed by atoms with E-state index in [1.807, 2.05) is 12.1 Å². The summed E-state index contributed by atoms with van der Waals surface area (Å²) >= 11 is 0. The lowest BCUT2D eigenvalue weighted by Crippen LogP contribution is -2.51. The summed E-state index contributed by atoms with van der Waals surface area (Å²) in [6.45, 7) is 4.91. The van der Waals surface area contributed by atoms with Crippen molar-refractivity contribution in [2.24, 2.45) is 5.41 Å². The van der Waals surface area contributed by atoms with Gasteiger partial charge in [-0.05, 0) is 73.8 Å². The van der Waals surface area contributed by atoms with Crippen LogP contribution in [0.3, 0.4) is 0 Å². The van der Waals surface area contributed by atoms with E-state index in [-0.39, 0.29) is 6.61 Å². The predicted octanol–water partition coefficient (Wildman–Crippen LogP) is 4.26. The van der Waals surface area contributed by atoms with Crippen LogP contribution in [0.15, 0.2) is 54.7 Å². The quantitative estimate of drug-likeness (QED) is 0.463. The molecule has 0 unspecified atom stereocenters. The van der Waals surface area contributed by atoms with Crippen LogP contribution < -0.4 is 10.1 Å². The first-order chi connectivity index (χ1) is 19.1. The van der Waals surface area contributed by atoms with Crippen molar-refractivity contribution in [2.45, 2.75) is 24.8 Å². The number of hydrogen-bond acceptors (Lipinski definition) is 9. The smallest absolute Gasteiger partial charge is 0.161 e. The summed E-state index contributed by atoms with van der Waals surface area (Å²) in [5.74, 6) is 2.20. The number of nitrogens with one attached hydrogen (secondary N) is 1. The molecule has 0 amide bonds. The summed E-state index contributed by atoms with van der Waals surface area (Å²) in [5.41, 5.74) is 2.77. The van der Waals surface area contributed by atoms with Crippen LogP contribution in [0.1, 0.15) is 29.9 Å². The van der Waals surface area contributed by atoms with Gasteiger partial charge in [-0.1, -0.05) is 12.1 Å². The minimum atomic E-state index is -0.643. The number of hydrogen-bond donors (Lipinski definition) is 1. The first-order valence-electron chi connectivity index (χ1n) is 13.3. The Bertz CT molecular complexity index is 1400. The molecule has 198 valence electrons. The second kappa shape index (κ2) is 11.0. The van der Waals surface area contributed by atoms with Crippen LogP contribution in [0.4, 0.5) is 11.5 Å². The summed E-state index contributed by atoms with van der Waals surface area (Å²) in [5, 5.41) is 22.4. The highest BCUT2D eigenvalue weighted by molar-refractivity contribution is 5.64. The van der Waals surface area contributed by atoms with E-state index < -0.39 is 5.41 Å². The highest BCUT2D eigenvalue weighted by atomic mass is 16.5. The van der Waals surface area contributed by atoms with Gasteiger partial charge in [-0.15, -0.1) is 0 Å². The van der Waals surface area contributed by atoms with Gasteiger partial charge in [-0.2, -0.15) is 10.5 Å². The minimum Gasteiger partial charge on any atom is -0.490 e. The highest BCUT2D eigenvalue weighted by Crippen LogP contribution is 2.32. The molecule has 0 spiro atoms. The maximum atomic E-state index is 9.68. The molecule has 0 radical (unpaired) electrons. The Morgan fingerprint density at radius 3 is 2.46 bits per heavy atom. The molecular weight excluding hydrogens is 492 g/mol. The summed E-state index contributed by atoms with van der Waals surface area (Å²) < 4.78 is 16.3. The van der Waals surface area contributed by atoms with Gasteiger partial charge in [0.15, 0.2) is 5.82 Å².